The number of carbonyl (C=O) groups is 1. The molecule has 4 aliphatic rings. The molecule has 0 radical (unpaired) electrons. The first-order chi connectivity index (χ1) is 11.3. The van der Waals surface area contributed by atoms with Gasteiger partial charge in [0.1, 0.15) is 5.78 Å². The Morgan fingerprint density at radius 1 is 0.917 bits per heavy atom. The number of ketones is 1. The minimum atomic E-state index is -0.435. The van der Waals surface area contributed by atoms with Gasteiger partial charge < -0.3 is 10.2 Å². The molecule has 0 bridgehead atoms. The van der Waals surface area contributed by atoms with Gasteiger partial charge in [-0.3, -0.25) is 4.79 Å². The molecule has 3 nitrogen and oxygen atoms in total. The zero-order valence-corrected chi connectivity index (χ0v) is 15.5. The highest BCUT2D eigenvalue weighted by Crippen LogP contribution is 2.67. The zero-order valence-electron chi connectivity index (χ0n) is 15.5. The topological polar surface area (TPSA) is 57.5 Å². The van der Waals surface area contributed by atoms with Crippen molar-refractivity contribution in [3.8, 4) is 0 Å². The first-order valence-electron chi connectivity index (χ1n) is 10.1. The van der Waals surface area contributed by atoms with Gasteiger partial charge in [0, 0.05) is 5.92 Å². The van der Waals surface area contributed by atoms with Crippen molar-refractivity contribution in [1.82, 2.24) is 0 Å². The summed E-state index contributed by atoms with van der Waals surface area (Å²) in [5, 5.41) is 20.7. The van der Waals surface area contributed by atoms with E-state index in [-0.39, 0.29) is 23.2 Å². The second-order valence-corrected chi connectivity index (χ2v) is 10.0. The second-order valence-electron chi connectivity index (χ2n) is 10.0. The van der Waals surface area contributed by atoms with Crippen LogP contribution in [0.5, 0.6) is 0 Å². The van der Waals surface area contributed by atoms with Crippen molar-refractivity contribution in [2.75, 3.05) is 0 Å². The lowest BCUT2D eigenvalue weighted by Crippen LogP contribution is -2.54. The number of aliphatic hydroxyl groups is 2. The van der Waals surface area contributed by atoms with Gasteiger partial charge in [0.2, 0.25) is 0 Å². The molecule has 9 unspecified atom stereocenters. The van der Waals surface area contributed by atoms with Crippen LogP contribution in [0.15, 0.2) is 0 Å². The maximum Gasteiger partial charge on any atom is 0.136 e. The van der Waals surface area contributed by atoms with Crippen LogP contribution >= 0.6 is 0 Å². The number of rotatable bonds is 1. The van der Waals surface area contributed by atoms with Crippen molar-refractivity contribution in [2.24, 2.45) is 40.4 Å². The monoisotopic (exact) mass is 334 g/mol. The lowest BCUT2D eigenvalue weighted by Gasteiger charge is -2.60. The second kappa shape index (κ2) is 5.54. The minimum absolute atomic E-state index is 0.00376. The molecule has 0 aromatic rings. The fraction of sp³-hybridized carbons (Fsp3) is 0.952. The fourth-order valence-corrected chi connectivity index (χ4v) is 7.98. The average Bonchev–Trinajstić information content (AvgIpc) is 2.78. The van der Waals surface area contributed by atoms with Crippen LogP contribution in [-0.2, 0) is 4.79 Å². The van der Waals surface area contributed by atoms with Crippen LogP contribution in [0.2, 0.25) is 0 Å². The lowest BCUT2D eigenvalue weighted by atomic mass is 9.44. The average molecular weight is 335 g/mol. The standard InChI is InChI=1S/C21H34O3/c1-12(22)19-18(24)11-17-15-5-4-13-10-14(23)6-8-20(13,2)16(15)7-9-21(17,19)3/h13-19,23-24H,4-11H2,1-3H3. The molecule has 4 aliphatic carbocycles. The third-order valence-electron chi connectivity index (χ3n) is 9.10. The summed E-state index contributed by atoms with van der Waals surface area (Å²) in [4.78, 5) is 12.2. The predicted molar refractivity (Wildman–Crippen MR) is 93.3 cm³/mol. The van der Waals surface area contributed by atoms with Crippen LogP contribution in [0, 0.1) is 40.4 Å². The summed E-state index contributed by atoms with van der Waals surface area (Å²) in [7, 11) is 0. The summed E-state index contributed by atoms with van der Waals surface area (Å²) >= 11 is 0. The van der Waals surface area contributed by atoms with Crippen molar-refractivity contribution >= 4 is 5.78 Å². The Labute approximate surface area is 146 Å². The number of hydrogen-bond donors (Lipinski definition) is 2. The molecule has 0 aromatic carbocycles. The summed E-state index contributed by atoms with van der Waals surface area (Å²) in [6.07, 6.45) is 8.14. The predicted octanol–water partition coefficient (Wildman–Crippen LogP) is 3.57. The Hall–Kier alpha value is -0.410. The van der Waals surface area contributed by atoms with Crippen LogP contribution in [0.3, 0.4) is 0 Å². The van der Waals surface area contributed by atoms with Crippen molar-refractivity contribution in [3.05, 3.63) is 0 Å². The van der Waals surface area contributed by atoms with Crippen molar-refractivity contribution in [2.45, 2.75) is 84.3 Å². The highest BCUT2D eigenvalue weighted by Gasteiger charge is 2.62. The highest BCUT2D eigenvalue weighted by atomic mass is 16.3. The Bertz CT molecular complexity index is 531. The molecule has 0 heterocycles. The molecule has 0 aliphatic heterocycles. The van der Waals surface area contributed by atoms with E-state index < -0.39 is 6.10 Å². The largest absolute Gasteiger partial charge is 0.393 e. The smallest absolute Gasteiger partial charge is 0.136 e. The van der Waals surface area contributed by atoms with Crippen molar-refractivity contribution in [3.63, 3.8) is 0 Å². The molecular formula is C21H34O3. The molecule has 0 amide bonds. The van der Waals surface area contributed by atoms with E-state index in [1.165, 1.54) is 19.3 Å². The first-order valence-corrected chi connectivity index (χ1v) is 10.1. The summed E-state index contributed by atoms with van der Waals surface area (Å²) in [5.74, 6) is 2.60. The molecular weight excluding hydrogens is 300 g/mol. The van der Waals surface area contributed by atoms with Crippen LogP contribution in [0.1, 0.15) is 72.1 Å². The van der Waals surface area contributed by atoms with E-state index in [1.807, 2.05) is 0 Å². The fourth-order valence-electron chi connectivity index (χ4n) is 7.98. The normalized spacial score (nSPS) is 57.0. The molecule has 24 heavy (non-hydrogen) atoms. The molecule has 9 atom stereocenters. The summed E-state index contributed by atoms with van der Waals surface area (Å²) in [6, 6.07) is 0. The first kappa shape index (κ1) is 17.0. The summed E-state index contributed by atoms with van der Waals surface area (Å²) < 4.78 is 0. The molecule has 2 N–H and O–H groups in total. The van der Waals surface area contributed by atoms with Gasteiger partial charge in [-0.05, 0) is 92.8 Å². The van der Waals surface area contributed by atoms with Crippen LogP contribution in [0.4, 0.5) is 0 Å². The molecule has 136 valence electrons. The van der Waals surface area contributed by atoms with Crippen LogP contribution in [0.25, 0.3) is 0 Å². The molecule has 0 saturated heterocycles. The van der Waals surface area contributed by atoms with E-state index in [0.717, 1.165) is 38.0 Å². The molecule has 4 saturated carbocycles. The maximum absolute atomic E-state index is 12.2. The number of Topliss-reactive ketones (excluding diaryl/α,β-unsaturated/α-hetero) is 1. The van der Waals surface area contributed by atoms with Gasteiger partial charge in [-0.1, -0.05) is 13.8 Å². The third-order valence-corrected chi connectivity index (χ3v) is 9.10. The van der Waals surface area contributed by atoms with E-state index in [0.29, 0.717) is 23.2 Å². The van der Waals surface area contributed by atoms with Crippen molar-refractivity contribution in [1.29, 1.82) is 0 Å². The Morgan fingerprint density at radius 3 is 2.33 bits per heavy atom. The maximum atomic E-state index is 12.2. The van der Waals surface area contributed by atoms with Gasteiger partial charge in [-0.2, -0.15) is 0 Å². The summed E-state index contributed by atoms with van der Waals surface area (Å²) in [5.41, 5.74) is 0.368. The minimum Gasteiger partial charge on any atom is -0.393 e. The van der Waals surface area contributed by atoms with Crippen LogP contribution in [-0.4, -0.2) is 28.2 Å². The van der Waals surface area contributed by atoms with E-state index >= 15 is 0 Å². The van der Waals surface area contributed by atoms with Gasteiger partial charge >= 0.3 is 0 Å². The molecule has 4 rings (SSSR count). The zero-order chi connectivity index (χ0) is 17.3. The van der Waals surface area contributed by atoms with Gasteiger partial charge in [0.15, 0.2) is 0 Å². The number of carbonyl (C=O) groups excluding carboxylic acids is 1. The Morgan fingerprint density at radius 2 is 1.62 bits per heavy atom. The highest BCUT2D eigenvalue weighted by molar-refractivity contribution is 5.80. The van der Waals surface area contributed by atoms with Crippen LogP contribution < -0.4 is 0 Å². The van der Waals surface area contributed by atoms with Gasteiger partial charge in [0.25, 0.3) is 0 Å². The van der Waals surface area contributed by atoms with Crippen molar-refractivity contribution < 1.29 is 15.0 Å². The van der Waals surface area contributed by atoms with E-state index in [9.17, 15) is 15.0 Å². The lowest BCUT2D eigenvalue weighted by molar-refractivity contribution is -0.140. The Balaban J connectivity index is 1.64. The molecule has 4 fully saturated rings. The number of aliphatic hydroxyl groups excluding tert-OH is 2. The SMILES string of the molecule is CC(=O)C1C(O)CC2C3CCC4CC(O)CCC4(C)C3CCC21C. The quantitative estimate of drug-likeness (QED) is 0.771. The van der Waals surface area contributed by atoms with Gasteiger partial charge in [-0.15, -0.1) is 0 Å². The van der Waals surface area contributed by atoms with E-state index in [4.69, 9.17) is 0 Å². The van der Waals surface area contributed by atoms with Gasteiger partial charge in [0.05, 0.1) is 12.2 Å². The van der Waals surface area contributed by atoms with E-state index in [2.05, 4.69) is 13.8 Å². The third kappa shape index (κ3) is 2.19. The number of fused-ring (bicyclic) bond motifs is 5. The summed E-state index contributed by atoms with van der Waals surface area (Å²) in [6.45, 7) is 6.44. The van der Waals surface area contributed by atoms with E-state index in [1.54, 1.807) is 6.92 Å². The Kier molecular flexibility index (Phi) is 3.93. The molecule has 3 heteroatoms. The molecule has 0 aromatic heterocycles. The van der Waals surface area contributed by atoms with Gasteiger partial charge in [-0.25, -0.2) is 0 Å². The number of hydrogen-bond acceptors (Lipinski definition) is 3. The molecule has 0 spiro atoms.